The summed E-state index contributed by atoms with van der Waals surface area (Å²) in [5.41, 5.74) is 1.98. The summed E-state index contributed by atoms with van der Waals surface area (Å²) in [4.78, 5) is 26.6. The van der Waals surface area contributed by atoms with Crippen LogP contribution < -0.4 is 19.3 Å². The minimum Gasteiger partial charge on any atom is -0.454 e. The van der Waals surface area contributed by atoms with Gasteiger partial charge in [0.15, 0.2) is 11.5 Å². The van der Waals surface area contributed by atoms with Gasteiger partial charge in [-0.05, 0) is 23.3 Å². The monoisotopic (exact) mass is 501 g/mol. The normalized spacial score (nSPS) is 14.8. The molecule has 0 radical (unpaired) electrons. The zero-order valence-corrected chi connectivity index (χ0v) is 20.3. The van der Waals surface area contributed by atoms with E-state index in [4.69, 9.17) is 9.47 Å². The van der Waals surface area contributed by atoms with Crippen LogP contribution in [0.1, 0.15) is 17.5 Å². The molecule has 11 heteroatoms. The molecule has 0 bridgehead atoms. The molecule has 2 aliphatic rings. The summed E-state index contributed by atoms with van der Waals surface area (Å²) < 4.78 is 10.9. The van der Waals surface area contributed by atoms with E-state index in [1.807, 2.05) is 53.4 Å². The van der Waals surface area contributed by atoms with E-state index < -0.39 is 4.92 Å². The van der Waals surface area contributed by atoms with E-state index >= 15 is 0 Å². The maximum absolute atomic E-state index is 12.3. The molecule has 1 fully saturated rings. The Morgan fingerprint density at radius 1 is 1.03 bits per heavy atom. The van der Waals surface area contributed by atoms with Crippen molar-refractivity contribution in [3.05, 3.63) is 76.1 Å². The van der Waals surface area contributed by atoms with Crippen molar-refractivity contribution in [2.24, 2.45) is 0 Å². The fraction of sp³-hybridized carbons (Fsp3) is 0.346. The number of fused-ring (bicyclic) bond motifs is 1. The van der Waals surface area contributed by atoms with E-state index in [9.17, 15) is 15.4 Å². The number of nitrogens with zero attached hydrogens (tertiary/aromatic N) is 7. The zero-order valence-electron chi connectivity index (χ0n) is 20.3. The molecule has 2 aliphatic heterocycles. The number of benzene rings is 2. The summed E-state index contributed by atoms with van der Waals surface area (Å²) in [6.45, 7) is 4.38. The number of aromatic nitrogens is 2. The van der Waals surface area contributed by atoms with Crippen LogP contribution in [0.5, 0.6) is 11.5 Å². The van der Waals surface area contributed by atoms with Crippen molar-refractivity contribution in [1.82, 2.24) is 14.9 Å². The molecule has 0 spiro atoms. The second kappa shape index (κ2) is 11.1. The van der Waals surface area contributed by atoms with Gasteiger partial charge in [-0.15, -0.1) is 0 Å². The quantitative estimate of drug-likeness (QED) is 0.319. The Kier molecular flexibility index (Phi) is 7.28. The number of nitriles is 1. The maximum atomic E-state index is 12.3. The van der Waals surface area contributed by atoms with Gasteiger partial charge in [0, 0.05) is 45.8 Å². The molecule has 0 amide bonds. The summed E-state index contributed by atoms with van der Waals surface area (Å²) >= 11 is 0. The van der Waals surface area contributed by atoms with Gasteiger partial charge < -0.3 is 19.3 Å². The second-order valence-electron chi connectivity index (χ2n) is 8.89. The zero-order chi connectivity index (χ0) is 25.6. The van der Waals surface area contributed by atoms with Gasteiger partial charge in [-0.2, -0.15) is 5.26 Å². The highest BCUT2D eigenvalue weighted by atomic mass is 16.7. The van der Waals surface area contributed by atoms with Crippen LogP contribution in [-0.4, -0.2) is 59.3 Å². The van der Waals surface area contributed by atoms with E-state index in [2.05, 4.69) is 20.9 Å². The molecule has 11 nitrogen and oxygen atoms in total. The molecule has 0 atom stereocenters. The first-order chi connectivity index (χ1) is 18.1. The van der Waals surface area contributed by atoms with Crippen LogP contribution in [0.3, 0.4) is 0 Å². The van der Waals surface area contributed by atoms with Gasteiger partial charge in [-0.25, -0.2) is 9.97 Å². The first-order valence-electron chi connectivity index (χ1n) is 12.1. The summed E-state index contributed by atoms with van der Waals surface area (Å²) in [7, 11) is 0. The van der Waals surface area contributed by atoms with E-state index in [1.54, 1.807) is 4.90 Å². The molecular formula is C26H27N7O4. The van der Waals surface area contributed by atoms with Crippen molar-refractivity contribution in [3.8, 4) is 17.6 Å². The molecule has 1 saturated heterocycles. The molecule has 0 N–H and O–H groups in total. The number of hydrogen-bond donors (Lipinski definition) is 0. The number of nitro groups is 1. The van der Waals surface area contributed by atoms with Crippen molar-refractivity contribution in [1.29, 1.82) is 5.26 Å². The molecule has 1 aromatic heterocycles. The van der Waals surface area contributed by atoms with Crippen LogP contribution in [0.2, 0.25) is 0 Å². The fourth-order valence-electron chi connectivity index (χ4n) is 4.65. The summed E-state index contributed by atoms with van der Waals surface area (Å²) in [5.74, 6) is 2.07. The van der Waals surface area contributed by atoms with Crippen LogP contribution in [0, 0.1) is 21.4 Å². The predicted octanol–water partition coefficient (Wildman–Crippen LogP) is 3.36. The van der Waals surface area contributed by atoms with Gasteiger partial charge >= 0.3 is 5.69 Å². The lowest BCUT2D eigenvalue weighted by atomic mass is 10.1. The molecule has 2 aromatic carbocycles. The third-order valence-corrected chi connectivity index (χ3v) is 6.49. The lowest BCUT2D eigenvalue weighted by Crippen LogP contribution is -2.46. The highest BCUT2D eigenvalue weighted by Crippen LogP contribution is 2.36. The summed E-state index contributed by atoms with van der Waals surface area (Å²) in [6, 6.07) is 17.7. The molecule has 3 aromatic rings. The van der Waals surface area contributed by atoms with Crippen molar-refractivity contribution in [3.63, 3.8) is 0 Å². The van der Waals surface area contributed by atoms with Crippen molar-refractivity contribution < 1.29 is 14.4 Å². The standard InChI is InChI=1S/C26H27N7O4/c27-9-4-10-32(17-20-5-2-1-3-6-20)26-24(33(34)35)25(28-18-29-26)31-13-11-30(12-14-31)16-21-7-8-22-23(15-21)37-19-36-22/h1-3,5-8,15,18H,4,10-14,16-17,19H2. The van der Waals surface area contributed by atoms with Gasteiger partial charge in [0.05, 0.1) is 17.4 Å². The average Bonchev–Trinajstić information content (AvgIpc) is 3.39. The van der Waals surface area contributed by atoms with Crippen LogP contribution in [0.15, 0.2) is 54.9 Å². The predicted molar refractivity (Wildman–Crippen MR) is 136 cm³/mol. The molecular weight excluding hydrogens is 474 g/mol. The topological polar surface area (TPSA) is 121 Å². The van der Waals surface area contributed by atoms with Crippen LogP contribution in [0.4, 0.5) is 17.3 Å². The Morgan fingerprint density at radius 3 is 2.57 bits per heavy atom. The van der Waals surface area contributed by atoms with Gasteiger partial charge in [0.1, 0.15) is 6.33 Å². The summed E-state index contributed by atoms with van der Waals surface area (Å²) in [5, 5.41) is 21.5. The molecule has 3 heterocycles. The van der Waals surface area contributed by atoms with Gasteiger partial charge in [-0.1, -0.05) is 36.4 Å². The molecule has 5 rings (SSSR count). The largest absolute Gasteiger partial charge is 0.454 e. The fourth-order valence-corrected chi connectivity index (χ4v) is 4.65. The van der Waals surface area contributed by atoms with Crippen molar-refractivity contribution in [2.75, 3.05) is 49.3 Å². The number of hydrogen-bond acceptors (Lipinski definition) is 10. The summed E-state index contributed by atoms with van der Waals surface area (Å²) in [6.07, 6.45) is 1.60. The molecule has 0 saturated carbocycles. The van der Waals surface area contributed by atoms with Crippen LogP contribution in [0.25, 0.3) is 0 Å². The van der Waals surface area contributed by atoms with E-state index in [0.717, 1.165) is 42.3 Å². The Bertz CT molecular complexity index is 1290. The first kappa shape index (κ1) is 24.3. The Morgan fingerprint density at radius 2 is 1.81 bits per heavy atom. The van der Waals surface area contributed by atoms with E-state index in [0.29, 0.717) is 32.0 Å². The third kappa shape index (κ3) is 5.54. The van der Waals surface area contributed by atoms with Crippen molar-refractivity contribution in [2.45, 2.75) is 19.5 Å². The lowest BCUT2D eigenvalue weighted by molar-refractivity contribution is -0.383. The van der Waals surface area contributed by atoms with E-state index in [-0.39, 0.29) is 24.7 Å². The Hall–Kier alpha value is -4.43. The van der Waals surface area contributed by atoms with Gasteiger partial charge in [0.25, 0.3) is 0 Å². The molecule has 0 aliphatic carbocycles. The maximum Gasteiger partial charge on any atom is 0.353 e. The lowest BCUT2D eigenvalue weighted by Gasteiger charge is -2.35. The number of rotatable bonds is 9. The van der Waals surface area contributed by atoms with E-state index in [1.165, 1.54) is 6.33 Å². The average molecular weight is 502 g/mol. The van der Waals surface area contributed by atoms with Crippen molar-refractivity contribution >= 4 is 17.3 Å². The minimum atomic E-state index is -0.409. The highest BCUT2D eigenvalue weighted by molar-refractivity contribution is 5.71. The third-order valence-electron chi connectivity index (χ3n) is 6.49. The molecule has 190 valence electrons. The molecule has 37 heavy (non-hydrogen) atoms. The number of ether oxygens (including phenoxy) is 2. The number of piperazine rings is 1. The molecule has 0 unspecified atom stereocenters. The SMILES string of the molecule is N#CCCN(Cc1ccccc1)c1ncnc(N2CCN(Cc3ccc4c(c3)OCO4)CC2)c1[N+](=O)[O-]. The Balaban J connectivity index is 1.33. The Labute approximate surface area is 214 Å². The van der Waals surface area contributed by atoms with Crippen LogP contribution in [-0.2, 0) is 13.1 Å². The van der Waals surface area contributed by atoms with Gasteiger partial charge in [-0.3, -0.25) is 15.0 Å². The van der Waals surface area contributed by atoms with Crippen LogP contribution >= 0.6 is 0 Å². The minimum absolute atomic E-state index is 0.124. The number of anilines is 2. The highest BCUT2D eigenvalue weighted by Gasteiger charge is 2.31. The second-order valence-corrected chi connectivity index (χ2v) is 8.89. The smallest absolute Gasteiger partial charge is 0.353 e. The van der Waals surface area contributed by atoms with Gasteiger partial charge in [0.2, 0.25) is 18.4 Å². The first-order valence-corrected chi connectivity index (χ1v) is 12.1.